The van der Waals surface area contributed by atoms with Gasteiger partial charge in [0.05, 0.1) is 5.97 Å². The molecule has 0 fully saturated rings. The van der Waals surface area contributed by atoms with Crippen molar-refractivity contribution in [2.45, 2.75) is 0 Å². The summed E-state index contributed by atoms with van der Waals surface area (Å²) in [5, 5.41) is 11.2. The van der Waals surface area contributed by atoms with Gasteiger partial charge in [-0.25, -0.2) is 0 Å². The van der Waals surface area contributed by atoms with E-state index in [0.29, 0.717) is 0 Å². The van der Waals surface area contributed by atoms with E-state index in [0.717, 1.165) is 22.5 Å². The number of H-pyrrole nitrogens is 1. The summed E-state index contributed by atoms with van der Waals surface area (Å²) in [6, 6.07) is 7.70. The Balaban J connectivity index is 2.48. The Labute approximate surface area is 80.7 Å². The van der Waals surface area contributed by atoms with Crippen molar-refractivity contribution in [1.29, 1.82) is 0 Å². The Morgan fingerprint density at radius 3 is 2.93 bits per heavy atom. The topological polar surface area (TPSA) is 55.9 Å². The summed E-state index contributed by atoms with van der Waals surface area (Å²) < 4.78 is 0. The number of carbonyl (C=O) groups excluding carboxylic acids is 1. The molecule has 0 atom stereocenters. The number of aromatic amines is 1. The Bertz CT molecular complexity index is 497. The van der Waals surface area contributed by atoms with E-state index in [1.165, 1.54) is 6.08 Å². The molecule has 0 amide bonds. The molecular formula is C11H8NO2-. The average Bonchev–Trinajstić information content (AvgIpc) is 2.58. The van der Waals surface area contributed by atoms with Crippen molar-refractivity contribution >= 4 is 22.9 Å². The van der Waals surface area contributed by atoms with Crippen molar-refractivity contribution in [1.82, 2.24) is 4.98 Å². The number of hydrogen-bond acceptors (Lipinski definition) is 2. The third kappa shape index (κ3) is 1.52. The summed E-state index contributed by atoms with van der Waals surface area (Å²) in [4.78, 5) is 13.3. The van der Waals surface area contributed by atoms with Crippen LogP contribution in [0.2, 0.25) is 0 Å². The van der Waals surface area contributed by atoms with Crippen LogP contribution in [-0.4, -0.2) is 11.0 Å². The number of nitrogens with one attached hydrogen (secondary N) is 1. The van der Waals surface area contributed by atoms with Gasteiger partial charge in [-0.05, 0) is 17.7 Å². The van der Waals surface area contributed by atoms with Crippen LogP contribution in [0.5, 0.6) is 0 Å². The zero-order valence-corrected chi connectivity index (χ0v) is 7.36. The zero-order chi connectivity index (χ0) is 9.97. The standard InChI is InChI=1S/C11H9NO2/c13-11(14)6-5-8-7-12-10-4-2-1-3-9(8)10/h1-7,12H,(H,13,14)/p-1. The van der Waals surface area contributed by atoms with Gasteiger partial charge in [-0.1, -0.05) is 24.3 Å². The highest BCUT2D eigenvalue weighted by Gasteiger charge is 1.97. The summed E-state index contributed by atoms with van der Waals surface area (Å²) in [5.74, 6) is -1.18. The van der Waals surface area contributed by atoms with Crippen molar-refractivity contribution in [3.63, 3.8) is 0 Å². The summed E-state index contributed by atoms with van der Waals surface area (Å²) in [5.41, 5.74) is 1.84. The van der Waals surface area contributed by atoms with Gasteiger partial charge in [0.1, 0.15) is 0 Å². The minimum atomic E-state index is -1.18. The Morgan fingerprint density at radius 1 is 1.36 bits per heavy atom. The van der Waals surface area contributed by atoms with Gasteiger partial charge in [-0.15, -0.1) is 0 Å². The Hall–Kier alpha value is -2.03. The van der Waals surface area contributed by atoms with Crippen LogP contribution in [-0.2, 0) is 4.79 Å². The van der Waals surface area contributed by atoms with Crippen LogP contribution in [0, 0.1) is 0 Å². The molecule has 2 rings (SSSR count). The molecule has 0 aliphatic carbocycles. The van der Waals surface area contributed by atoms with Gasteiger partial charge in [-0.2, -0.15) is 0 Å². The monoisotopic (exact) mass is 186 g/mol. The predicted octanol–water partition coefficient (Wildman–Crippen LogP) is 0.931. The van der Waals surface area contributed by atoms with Gasteiger partial charge >= 0.3 is 0 Å². The quantitative estimate of drug-likeness (QED) is 0.709. The SMILES string of the molecule is O=C([O-])C=Cc1c[nH]c2ccccc12. The lowest BCUT2D eigenvalue weighted by Gasteiger charge is -1.92. The van der Waals surface area contributed by atoms with Crippen LogP contribution in [0.1, 0.15) is 5.56 Å². The van der Waals surface area contributed by atoms with E-state index in [1.807, 2.05) is 24.3 Å². The van der Waals surface area contributed by atoms with Crippen molar-refractivity contribution in [3.05, 3.63) is 42.1 Å². The van der Waals surface area contributed by atoms with Crippen LogP contribution in [0.15, 0.2) is 36.5 Å². The highest BCUT2D eigenvalue weighted by Crippen LogP contribution is 2.18. The second-order valence-electron chi connectivity index (χ2n) is 2.94. The van der Waals surface area contributed by atoms with Crippen LogP contribution in [0.25, 0.3) is 17.0 Å². The van der Waals surface area contributed by atoms with Crippen molar-refractivity contribution in [2.24, 2.45) is 0 Å². The highest BCUT2D eigenvalue weighted by molar-refractivity contribution is 5.92. The van der Waals surface area contributed by atoms with Crippen LogP contribution in [0.3, 0.4) is 0 Å². The smallest absolute Gasteiger partial charge is 0.0643 e. The average molecular weight is 186 g/mol. The second kappa shape index (κ2) is 3.38. The van der Waals surface area contributed by atoms with E-state index in [4.69, 9.17) is 0 Å². The summed E-state index contributed by atoms with van der Waals surface area (Å²) in [6.45, 7) is 0. The molecule has 3 heteroatoms. The fraction of sp³-hybridized carbons (Fsp3) is 0. The number of aliphatic carboxylic acids is 1. The maximum Gasteiger partial charge on any atom is 0.0643 e. The summed E-state index contributed by atoms with van der Waals surface area (Å²) >= 11 is 0. The molecule has 1 aromatic carbocycles. The molecule has 70 valence electrons. The first-order valence-corrected chi connectivity index (χ1v) is 4.22. The number of benzene rings is 1. The summed E-state index contributed by atoms with van der Waals surface area (Å²) in [7, 11) is 0. The van der Waals surface area contributed by atoms with E-state index in [-0.39, 0.29) is 0 Å². The first kappa shape index (κ1) is 8.56. The van der Waals surface area contributed by atoms with Gasteiger partial charge in [0.15, 0.2) is 0 Å². The van der Waals surface area contributed by atoms with E-state index in [1.54, 1.807) is 6.20 Å². The molecule has 0 bridgehead atoms. The molecule has 0 spiro atoms. The number of fused-ring (bicyclic) bond motifs is 1. The highest BCUT2D eigenvalue weighted by atomic mass is 16.4. The van der Waals surface area contributed by atoms with Crippen molar-refractivity contribution in [2.75, 3.05) is 0 Å². The molecular weight excluding hydrogens is 178 g/mol. The number of hydrogen-bond donors (Lipinski definition) is 1. The van der Waals surface area contributed by atoms with Gasteiger partial charge < -0.3 is 14.9 Å². The third-order valence-corrected chi connectivity index (χ3v) is 2.02. The molecule has 0 saturated carbocycles. The fourth-order valence-corrected chi connectivity index (χ4v) is 1.39. The van der Waals surface area contributed by atoms with Gasteiger partial charge in [0.25, 0.3) is 0 Å². The molecule has 3 nitrogen and oxygen atoms in total. The Morgan fingerprint density at radius 2 is 2.14 bits per heavy atom. The van der Waals surface area contributed by atoms with Crippen LogP contribution >= 0.6 is 0 Å². The van der Waals surface area contributed by atoms with E-state index >= 15 is 0 Å². The molecule has 0 unspecified atom stereocenters. The third-order valence-electron chi connectivity index (χ3n) is 2.02. The molecule has 0 radical (unpaired) electrons. The minimum Gasteiger partial charge on any atom is -0.545 e. The van der Waals surface area contributed by atoms with Gasteiger partial charge in [0, 0.05) is 17.1 Å². The van der Waals surface area contributed by atoms with Gasteiger partial charge in [-0.3, -0.25) is 0 Å². The molecule has 2 aromatic rings. The Kier molecular flexibility index (Phi) is 2.07. The van der Waals surface area contributed by atoms with E-state index in [9.17, 15) is 9.90 Å². The number of carboxylic acids is 1. The molecule has 1 aromatic heterocycles. The van der Waals surface area contributed by atoms with Gasteiger partial charge in [0.2, 0.25) is 0 Å². The van der Waals surface area contributed by atoms with Crippen molar-refractivity contribution in [3.8, 4) is 0 Å². The lowest BCUT2D eigenvalue weighted by molar-refractivity contribution is -0.297. The van der Waals surface area contributed by atoms with E-state index in [2.05, 4.69) is 4.98 Å². The second-order valence-corrected chi connectivity index (χ2v) is 2.94. The molecule has 0 aliphatic rings. The number of carboxylic acid groups (broad SMARTS) is 1. The first-order chi connectivity index (χ1) is 6.77. The number of rotatable bonds is 2. The van der Waals surface area contributed by atoms with Crippen LogP contribution < -0.4 is 5.11 Å². The summed E-state index contributed by atoms with van der Waals surface area (Å²) in [6.07, 6.45) is 4.31. The maximum atomic E-state index is 10.2. The van der Waals surface area contributed by atoms with Crippen LogP contribution in [0.4, 0.5) is 0 Å². The lowest BCUT2D eigenvalue weighted by atomic mass is 10.1. The molecule has 1 N–H and O–H groups in total. The lowest BCUT2D eigenvalue weighted by Crippen LogP contribution is -2.18. The molecule has 1 heterocycles. The zero-order valence-electron chi connectivity index (χ0n) is 7.36. The first-order valence-electron chi connectivity index (χ1n) is 4.22. The van der Waals surface area contributed by atoms with E-state index < -0.39 is 5.97 Å². The minimum absolute atomic E-state index is 0.852. The molecule has 14 heavy (non-hydrogen) atoms. The fourth-order valence-electron chi connectivity index (χ4n) is 1.39. The maximum absolute atomic E-state index is 10.2. The molecule has 0 aliphatic heterocycles. The normalized spacial score (nSPS) is 11.1. The molecule has 0 saturated heterocycles. The predicted molar refractivity (Wildman–Crippen MR) is 52.3 cm³/mol. The number of aromatic nitrogens is 1. The number of carbonyl (C=O) groups is 1. The van der Waals surface area contributed by atoms with Crippen molar-refractivity contribution < 1.29 is 9.90 Å². The largest absolute Gasteiger partial charge is 0.545 e. The number of para-hydroxylation sites is 1.